The maximum atomic E-state index is 12.8. The number of nitrogens with one attached hydrogen (secondary N) is 1. The van der Waals surface area contributed by atoms with E-state index in [9.17, 15) is 19.7 Å². The predicted octanol–water partition coefficient (Wildman–Crippen LogP) is 3.14. The van der Waals surface area contributed by atoms with E-state index in [2.05, 4.69) is 15.1 Å². The largest absolute Gasteiger partial charge is 0.355 e. The van der Waals surface area contributed by atoms with E-state index in [4.69, 9.17) is 0 Å². The Labute approximate surface area is 160 Å². The molecule has 0 spiro atoms. The molecular formula is C19H19N5O4. The molecule has 144 valence electrons. The SMILES string of the molecule is CCc1c(C(=O)Cn2cnc(-c3cccc([N+](=O)[O-])c3)n2)[nH]c(C)c1C(C)=O. The number of H-pyrrole nitrogens is 1. The zero-order valence-corrected chi connectivity index (χ0v) is 15.7. The molecule has 0 aliphatic rings. The molecule has 9 nitrogen and oxygen atoms in total. The summed E-state index contributed by atoms with van der Waals surface area (Å²) in [6.07, 6.45) is 1.95. The smallest absolute Gasteiger partial charge is 0.270 e. The Kier molecular flexibility index (Phi) is 5.16. The molecule has 0 atom stereocenters. The second-order valence-electron chi connectivity index (χ2n) is 6.38. The minimum atomic E-state index is -0.490. The van der Waals surface area contributed by atoms with Crippen LogP contribution in [0.4, 0.5) is 5.69 Å². The van der Waals surface area contributed by atoms with E-state index < -0.39 is 4.92 Å². The van der Waals surface area contributed by atoms with Crippen LogP contribution in [-0.2, 0) is 13.0 Å². The van der Waals surface area contributed by atoms with Crippen molar-refractivity contribution in [1.29, 1.82) is 0 Å². The van der Waals surface area contributed by atoms with E-state index in [1.165, 1.54) is 30.1 Å². The first kappa shape index (κ1) is 19.2. The second kappa shape index (κ2) is 7.55. The van der Waals surface area contributed by atoms with Gasteiger partial charge in [-0.25, -0.2) is 9.67 Å². The van der Waals surface area contributed by atoms with Crippen molar-refractivity contribution in [3.63, 3.8) is 0 Å². The van der Waals surface area contributed by atoms with Crippen molar-refractivity contribution in [2.24, 2.45) is 0 Å². The van der Waals surface area contributed by atoms with Crippen LogP contribution in [0.25, 0.3) is 11.4 Å². The van der Waals surface area contributed by atoms with Crippen LogP contribution in [0.3, 0.4) is 0 Å². The van der Waals surface area contributed by atoms with Crippen molar-refractivity contribution >= 4 is 17.3 Å². The zero-order chi connectivity index (χ0) is 20.4. The van der Waals surface area contributed by atoms with Crippen molar-refractivity contribution in [3.8, 4) is 11.4 Å². The fraction of sp³-hybridized carbons (Fsp3) is 0.263. The van der Waals surface area contributed by atoms with Gasteiger partial charge in [-0.3, -0.25) is 19.7 Å². The maximum Gasteiger partial charge on any atom is 0.270 e. The first-order valence-corrected chi connectivity index (χ1v) is 8.71. The summed E-state index contributed by atoms with van der Waals surface area (Å²) in [5, 5.41) is 15.2. The summed E-state index contributed by atoms with van der Waals surface area (Å²) in [5.41, 5.74) is 2.76. The molecule has 1 N–H and O–H groups in total. The standard InChI is InChI=1S/C19H19N5O4/c1-4-15-17(12(3)25)11(2)21-18(15)16(26)9-23-10-20-19(22-23)13-6-5-7-14(8-13)24(27)28/h5-8,10,21H,4,9H2,1-3H3. The van der Waals surface area contributed by atoms with Crippen molar-refractivity contribution in [2.45, 2.75) is 33.7 Å². The number of benzene rings is 1. The lowest BCUT2D eigenvalue weighted by molar-refractivity contribution is -0.384. The monoisotopic (exact) mass is 381 g/mol. The number of aromatic nitrogens is 4. The molecule has 3 aromatic rings. The number of aromatic amines is 1. The number of carbonyl (C=O) groups is 2. The summed E-state index contributed by atoms with van der Waals surface area (Å²) in [6, 6.07) is 5.98. The lowest BCUT2D eigenvalue weighted by Crippen LogP contribution is -2.13. The Balaban J connectivity index is 1.85. The minimum Gasteiger partial charge on any atom is -0.355 e. The lowest BCUT2D eigenvalue weighted by atomic mass is 10.0. The number of rotatable bonds is 7. The Morgan fingerprint density at radius 3 is 2.71 bits per heavy atom. The molecule has 2 heterocycles. The Bertz CT molecular complexity index is 1080. The minimum absolute atomic E-state index is 0.0591. The van der Waals surface area contributed by atoms with Crippen LogP contribution in [0, 0.1) is 17.0 Å². The molecule has 0 unspecified atom stereocenters. The topological polar surface area (TPSA) is 124 Å². The highest BCUT2D eigenvalue weighted by molar-refractivity contribution is 6.03. The van der Waals surface area contributed by atoms with Crippen LogP contribution < -0.4 is 0 Å². The first-order valence-electron chi connectivity index (χ1n) is 8.71. The molecule has 0 amide bonds. The highest BCUT2D eigenvalue weighted by Gasteiger charge is 2.22. The average molecular weight is 381 g/mol. The van der Waals surface area contributed by atoms with Gasteiger partial charge in [0.1, 0.15) is 12.9 Å². The number of ketones is 2. The second-order valence-corrected chi connectivity index (χ2v) is 6.38. The number of hydrogen-bond donors (Lipinski definition) is 1. The third-order valence-corrected chi connectivity index (χ3v) is 4.43. The van der Waals surface area contributed by atoms with Gasteiger partial charge >= 0.3 is 0 Å². The number of carbonyl (C=O) groups excluding carboxylic acids is 2. The Morgan fingerprint density at radius 1 is 1.32 bits per heavy atom. The van der Waals surface area contributed by atoms with Gasteiger partial charge in [-0.05, 0) is 25.8 Å². The number of aryl methyl sites for hydroxylation is 1. The van der Waals surface area contributed by atoms with E-state index >= 15 is 0 Å². The maximum absolute atomic E-state index is 12.8. The van der Waals surface area contributed by atoms with Crippen LogP contribution >= 0.6 is 0 Å². The summed E-state index contributed by atoms with van der Waals surface area (Å²) in [7, 11) is 0. The van der Waals surface area contributed by atoms with Gasteiger partial charge in [-0.2, -0.15) is 5.10 Å². The molecule has 28 heavy (non-hydrogen) atoms. The highest BCUT2D eigenvalue weighted by atomic mass is 16.6. The summed E-state index contributed by atoms with van der Waals surface area (Å²) in [4.78, 5) is 42.2. The van der Waals surface area contributed by atoms with Crippen molar-refractivity contribution in [2.75, 3.05) is 0 Å². The fourth-order valence-corrected chi connectivity index (χ4v) is 3.23. The number of hydrogen-bond acceptors (Lipinski definition) is 6. The van der Waals surface area contributed by atoms with Gasteiger partial charge in [0.05, 0.1) is 10.6 Å². The lowest BCUT2D eigenvalue weighted by Gasteiger charge is -2.03. The molecule has 0 aliphatic carbocycles. The predicted molar refractivity (Wildman–Crippen MR) is 101 cm³/mol. The number of non-ortho nitro benzene ring substituents is 1. The number of nitro groups is 1. The van der Waals surface area contributed by atoms with Crippen molar-refractivity contribution in [1.82, 2.24) is 19.7 Å². The van der Waals surface area contributed by atoms with Gasteiger partial charge in [0.2, 0.25) is 5.78 Å². The van der Waals surface area contributed by atoms with Crippen LogP contribution in [0.15, 0.2) is 30.6 Å². The molecule has 0 radical (unpaired) electrons. The van der Waals surface area contributed by atoms with Gasteiger partial charge in [-0.1, -0.05) is 19.1 Å². The van der Waals surface area contributed by atoms with Crippen LogP contribution in [-0.4, -0.2) is 36.2 Å². The van der Waals surface area contributed by atoms with Crippen LogP contribution in [0.5, 0.6) is 0 Å². The van der Waals surface area contributed by atoms with Gasteiger partial charge in [0.25, 0.3) is 5.69 Å². The summed E-state index contributed by atoms with van der Waals surface area (Å²) >= 11 is 0. The highest BCUT2D eigenvalue weighted by Crippen LogP contribution is 2.22. The third kappa shape index (κ3) is 3.59. The quantitative estimate of drug-likeness (QED) is 0.381. The first-order chi connectivity index (χ1) is 13.3. The Morgan fingerprint density at radius 2 is 2.07 bits per heavy atom. The molecular weight excluding hydrogens is 362 g/mol. The summed E-state index contributed by atoms with van der Waals surface area (Å²) in [6.45, 7) is 5.07. The van der Waals surface area contributed by atoms with Gasteiger partial charge in [0, 0.05) is 29.0 Å². The normalized spacial score (nSPS) is 10.8. The molecule has 0 fully saturated rings. The van der Waals surface area contributed by atoms with Crippen molar-refractivity contribution < 1.29 is 14.5 Å². The van der Waals surface area contributed by atoms with Crippen LogP contribution in [0.1, 0.15) is 46.0 Å². The van der Waals surface area contributed by atoms with E-state index in [0.29, 0.717) is 40.3 Å². The molecule has 0 aliphatic heterocycles. The van der Waals surface area contributed by atoms with E-state index in [1.54, 1.807) is 19.1 Å². The fourth-order valence-electron chi connectivity index (χ4n) is 3.23. The molecule has 3 rings (SSSR count). The van der Waals surface area contributed by atoms with Gasteiger partial charge in [0.15, 0.2) is 11.6 Å². The number of nitro benzene ring substituents is 1. The molecule has 0 saturated carbocycles. The van der Waals surface area contributed by atoms with Crippen LogP contribution in [0.2, 0.25) is 0 Å². The molecule has 9 heteroatoms. The summed E-state index contributed by atoms with van der Waals surface area (Å²) in [5.74, 6) is -0.0133. The van der Waals surface area contributed by atoms with E-state index in [-0.39, 0.29) is 23.8 Å². The van der Waals surface area contributed by atoms with E-state index in [0.717, 1.165) is 0 Å². The van der Waals surface area contributed by atoms with Gasteiger partial charge in [-0.15, -0.1) is 0 Å². The molecule has 2 aromatic heterocycles. The zero-order valence-electron chi connectivity index (χ0n) is 15.7. The third-order valence-electron chi connectivity index (χ3n) is 4.43. The Hall–Kier alpha value is -3.62. The van der Waals surface area contributed by atoms with E-state index in [1.807, 2.05) is 6.92 Å². The molecule has 0 saturated heterocycles. The molecule has 0 bridgehead atoms. The average Bonchev–Trinajstić information content (AvgIpc) is 3.25. The summed E-state index contributed by atoms with van der Waals surface area (Å²) < 4.78 is 1.37. The molecule has 1 aromatic carbocycles. The van der Waals surface area contributed by atoms with Crippen molar-refractivity contribution in [3.05, 3.63) is 63.2 Å². The number of nitrogens with zero attached hydrogens (tertiary/aromatic N) is 4. The van der Waals surface area contributed by atoms with Gasteiger partial charge < -0.3 is 4.98 Å². The number of Topliss-reactive ketones (excluding diaryl/α,β-unsaturated/α-hetero) is 2.